The van der Waals surface area contributed by atoms with E-state index in [1.807, 2.05) is 11.3 Å². The van der Waals surface area contributed by atoms with E-state index in [0.717, 1.165) is 33.6 Å². The van der Waals surface area contributed by atoms with Gasteiger partial charge in [0.15, 0.2) is 0 Å². The van der Waals surface area contributed by atoms with Gasteiger partial charge < -0.3 is 9.32 Å². The Morgan fingerprint density at radius 3 is 1.86 bits per heavy atom. The van der Waals surface area contributed by atoms with Crippen molar-refractivity contribution in [2.75, 3.05) is 4.90 Å². The van der Waals surface area contributed by atoms with Gasteiger partial charge in [-0.1, -0.05) is 121 Å². The molecule has 0 aliphatic rings. The Morgan fingerprint density at radius 2 is 1.00 bits per heavy atom. The third-order valence-corrected chi connectivity index (χ3v) is 11.7. The fourth-order valence-corrected chi connectivity index (χ4v) is 9.34. The summed E-state index contributed by atoms with van der Waals surface area (Å²) in [7, 11) is 0. The van der Waals surface area contributed by atoms with Crippen LogP contribution in [0.5, 0.6) is 0 Å². The van der Waals surface area contributed by atoms with Crippen LogP contribution in [0.15, 0.2) is 180 Å². The molecule has 2 aromatic heterocycles. The van der Waals surface area contributed by atoms with Crippen LogP contribution in [0.2, 0.25) is 0 Å². The normalized spacial score (nSPS) is 11.9. The summed E-state index contributed by atoms with van der Waals surface area (Å²) in [6.07, 6.45) is 0. The van der Waals surface area contributed by atoms with Crippen molar-refractivity contribution < 1.29 is 4.42 Å². The lowest BCUT2D eigenvalue weighted by Crippen LogP contribution is -2.10. The molecular weight excluding hydrogens is 639 g/mol. The molecule has 11 rings (SSSR count). The Hall–Kier alpha value is -6.42. The van der Waals surface area contributed by atoms with E-state index in [9.17, 15) is 0 Å². The lowest BCUT2D eigenvalue weighted by molar-refractivity contribution is 0.669. The van der Waals surface area contributed by atoms with Crippen LogP contribution in [0.3, 0.4) is 0 Å². The molecule has 2 heterocycles. The van der Waals surface area contributed by atoms with E-state index in [-0.39, 0.29) is 0 Å². The highest BCUT2D eigenvalue weighted by molar-refractivity contribution is 7.27. The van der Waals surface area contributed by atoms with Gasteiger partial charge in [-0.25, -0.2) is 0 Å². The molecule has 0 fully saturated rings. The van der Waals surface area contributed by atoms with Gasteiger partial charge in [-0.15, -0.1) is 11.3 Å². The summed E-state index contributed by atoms with van der Waals surface area (Å²) >= 11 is 1.88. The summed E-state index contributed by atoms with van der Waals surface area (Å²) in [6.45, 7) is 0. The van der Waals surface area contributed by atoms with Gasteiger partial charge in [0, 0.05) is 47.7 Å². The quantitative estimate of drug-likeness (QED) is 0.186. The summed E-state index contributed by atoms with van der Waals surface area (Å²) in [5.74, 6) is 0. The third kappa shape index (κ3) is 4.42. The second-order valence-electron chi connectivity index (χ2n) is 13.3. The Morgan fingerprint density at radius 1 is 0.373 bits per heavy atom. The SMILES string of the molecule is c1ccc2cc(-c3ccc(N(c4ccc5oc6ccc7c8ccc9ccccc9c8sc7c6c5c4)c4cccc5ccccc45)cc3)ccc2c1. The molecule has 3 heteroatoms. The second kappa shape index (κ2) is 11.0. The highest BCUT2D eigenvalue weighted by atomic mass is 32.1. The van der Waals surface area contributed by atoms with Gasteiger partial charge in [0.2, 0.25) is 0 Å². The molecule has 0 aliphatic carbocycles. The summed E-state index contributed by atoms with van der Waals surface area (Å²) in [5.41, 5.74) is 7.54. The van der Waals surface area contributed by atoms with Gasteiger partial charge >= 0.3 is 0 Å². The average molecular weight is 668 g/mol. The minimum atomic E-state index is 0.896. The molecule has 0 saturated heterocycles. The van der Waals surface area contributed by atoms with Crippen LogP contribution in [0.4, 0.5) is 17.1 Å². The number of hydrogen-bond donors (Lipinski definition) is 0. The zero-order valence-electron chi connectivity index (χ0n) is 27.5. The van der Waals surface area contributed by atoms with E-state index in [1.165, 1.54) is 69.0 Å². The van der Waals surface area contributed by atoms with Gasteiger partial charge in [-0.2, -0.15) is 0 Å². The Labute approximate surface area is 298 Å². The molecule has 0 spiro atoms. The van der Waals surface area contributed by atoms with E-state index >= 15 is 0 Å². The van der Waals surface area contributed by atoms with Crippen LogP contribution < -0.4 is 4.90 Å². The van der Waals surface area contributed by atoms with Crippen molar-refractivity contribution in [3.63, 3.8) is 0 Å². The largest absolute Gasteiger partial charge is 0.456 e. The topological polar surface area (TPSA) is 16.4 Å². The van der Waals surface area contributed by atoms with Gasteiger partial charge in [-0.05, 0) is 92.7 Å². The first-order valence-corrected chi connectivity index (χ1v) is 18.1. The van der Waals surface area contributed by atoms with E-state index in [1.54, 1.807) is 0 Å². The monoisotopic (exact) mass is 667 g/mol. The van der Waals surface area contributed by atoms with Gasteiger partial charge in [0.1, 0.15) is 11.2 Å². The molecular formula is C48H29NOS. The first-order valence-electron chi connectivity index (χ1n) is 17.3. The molecule has 0 N–H and O–H groups in total. The Balaban J connectivity index is 1.12. The molecule has 0 saturated carbocycles. The summed E-state index contributed by atoms with van der Waals surface area (Å²) in [6, 6.07) is 63.7. The first kappa shape index (κ1) is 28.4. The van der Waals surface area contributed by atoms with E-state index < -0.39 is 0 Å². The zero-order chi connectivity index (χ0) is 33.5. The molecule has 0 atom stereocenters. The predicted molar refractivity (Wildman–Crippen MR) is 219 cm³/mol. The van der Waals surface area contributed by atoms with Crippen molar-refractivity contribution in [3.05, 3.63) is 176 Å². The minimum absolute atomic E-state index is 0.896. The zero-order valence-corrected chi connectivity index (χ0v) is 28.3. The highest BCUT2D eigenvalue weighted by Crippen LogP contribution is 2.47. The van der Waals surface area contributed by atoms with Crippen LogP contribution in [-0.4, -0.2) is 0 Å². The van der Waals surface area contributed by atoms with E-state index in [4.69, 9.17) is 4.42 Å². The molecule has 0 amide bonds. The molecule has 51 heavy (non-hydrogen) atoms. The number of nitrogens with zero attached hydrogens (tertiary/aromatic N) is 1. The fraction of sp³-hybridized carbons (Fsp3) is 0. The fourth-order valence-electron chi connectivity index (χ4n) is 7.95. The maximum absolute atomic E-state index is 6.54. The minimum Gasteiger partial charge on any atom is -0.456 e. The van der Waals surface area contributed by atoms with Gasteiger partial charge in [-0.3, -0.25) is 0 Å². The number of anilines is 3. The van der Waals surface area contributed by atoms with Crippen molar-refractivity contribution in [2.45, 2.75) is 0 Å². The molecule has 0 radical (unpaired) electrons. The molecule has 9 aromatic carbocycles. The lowest BCUT2D eigenvalue weighted by atomic mass is 10.0. The van der Waals surface area contributed by atoms with Crippen LogP contribution in [-0.2, 0) is 0 Å². The van der Waals surface area contributed by atoms with Crippen molar-refractivity contribution in [1.82, 2.24) is 0 Å². The number of rotatable bonds is 4. The standard InChI is InChI=1S/C48H29NOS/c1-2-11-34-28-35(17-16-30(34)8-1)31-18-21-36(22-19-31)49(43-15-7-12-32-9-3-5-13-38(32)43)37-23-26-44-42(29-37)46-45(50-44)27-25-41-40-24-20-33-10-4-6-14-39(33)47(40)51-48(41)46/h1-29H. The maximum atomic E-state index is 6.54. The van der Waals surface area contributed by atoms with Crippen LogP contribution >= 0.6 is 11.3 Å². The third-order valence-electron chi connectivity index (χ3n) is 10.4. The Kier molecular flexibility index (Phi) is 6.16. The number of benzene rings is 9. The predicted octanol–water partition coefficient (Wildman–Crippen LogP) is 14.6. The first-order chi connectivity index (χ1) is 25.3. The van der Waals surface area contributed by atoms with Crippen molar-refractivity contribution in [3.8, 4) is 11.1 Å². The van der Waals surface area contributed by atoms with Crippen LogP contribution in [0, 0.1) is 0 Å². The molecule has 0 unspecified atom stereocenters. The van der Waals surface area contributed by atoms with Crippen LogP contribution in [0.25, 0.3) is 85.6 Å². The molecule has 0 aliphatic heterocycles. The summed E-state index contributed by atoms with van der Waals surface area (Å²) in [5, 5.41) is 12.4. The van der Waals surface area contributed by atoms with Crippen molar-refractivity contribution in [2.24, 2.45) is 0 Å². The Bertz CT molecular complexity index is 3140. The van der Waals surface area contributed by atoms with Crippen LogP contribution in [0.1, 0.15) is 0 Å². The average Bonchev–Trinajstić information content (AvgIpc) is 3.77. The highest BCUT2D eigenvalue weighted by Gasteiger charge is 2.20. The van der Waals surface area contributed by atoms with E-state index in [0.29, 0.717) is 0 Å². The van der Waals surface area contributed by atoms with E-state index in [2.05, 4.69) is 181 Å². The second-order valence-corrected chi connectivity index (χ2v) is 14.3. The lowest BCUT2D eigenvalue weighted by Gasteiger charge is -2.27. The summed E-state index contributed by atoms with van der Waals surface area (Å²) in [4.78, 5) is 2.39. The van der Waals surface area contributed by atoms with Crippen molar-refractivity contribution >= 4 is 103 Å². The number of furan rings is 1. The molecule has 11 aromatic rings. The van der Waals surface area contributed by atoms with Gasteiger partial charge in [0.05, 0.1) is 5.69 Å². The summed E-state index contributed by atoms with van der Waals surface area (Å²) < 4.78 is 9.14. The van der Waals surface area contributed by atoms with Gasteiger partial charge in [0.25, 0.3) is 0 Å². The smallest absolute Gasteiger partial charge is 0.136 e. The number of thiophene rings is 1. The number of hydrogen-bond acceptors (Lipinski definition) is 3. The maximum Gasteiger partial charge on any atom is 0.136 e. The van der Waals surface area contributed by atoms with Crippen molar-refractivity contribution in [1.29, 1.82) is 0 Å². The molecule has 238 valence electrons. The molecule has 2 nitrogen and oxygen atoms in total. The number of fused-ring (bicyclic) bond motifs is 11. The molecule has 0 bridgehead atoms.